The smallest absolute Gasteiger partial charge is 0.242 e. The Morgan fingerprint density at radius 2 is 2.11 bits per heavy atom. The first-order valence-electron chi connectivity index (χ1n) is 5.47. The summed E-state index contributed by atoms with van der Waals surface area (Å²) < 4.78 is 37.3. The quantitative estimate of drug-likeness (QED) is 0.713. The number of halogens is 1. The fourth-order valence-corrected chi connectivity index (χ4v) is 3.15. The zero-order chi connectivity index (χ0) is 14.5. The Hall–Kier alpha value is -0.670. The van der Waals surface area contributed by atoms with Crippen LogP contribution in [0.3, 0.4) is 0 Å². The lowest BCUT2D eigenvalue weighted by atomic mass is 10.3. The van der Waals surface area contributed by atoms with Gasteiger partial charge in [0.05, 0.1) is 18.4 Å². The first kappa shape index (κ1) is 16.4. The predicted molar refractivity (Wildman–Crippen MR) is 76.4 cm³/mol. The van der Waals surface area contributed by atoms with Gasteiger partial charge in [-0.25, -0.2) is 13.1 Å². The average molecular weight is 353 g/mol. The molecule has 1 unspecified atom stereocenters. The molecule has 0 bridgehead atoms. The molecule has 0 heterocycles. The van der Waals surface area contributed by atoms with Gasteiger partial charge in [0.15, 0.2) is 0 Å². The van der Waals surface area contributed by atoms with Gasteiger partial charge in [-0.05, 0) is 18.2 Å². The molecule has 0 aliphatic heterocycles. The summed E-state index contributed by atoms with van der Waals surface area (Å²) in [6, 6.07) is 4.66. The summed E-state index contributed by atoms with van der Waals surface area (Å²) in [6.45, 7) is 0.408. The van der Waals surface area contributed by atoms with Crippen molar-refractivity contribution in [3.05, 3.63) is 22.7 Å². The maximum absolute atomic E-state index is 12.1. The molecule has 1 atom stereocenters. The predicted octanol–water partition coefficient (Wildman–Crippen LogP) is 0.971. The SMILES string of the molecule is COCC(CNS(=O)(=O)c1cc(Br)ccc1N)OC. The minimum absolute atomic E-state index is 0.0362. The molecule has 0 saturated heterocycles. The van der Waals surface area contributed by atoms with Gasteiger partial charge in [-0.15, -0.1) is 0 Å². The molecule has 108 valence electrons. The maximum atomic E-state index is 12.1. The number of ether oxygens (including phenoxy) is 2. The average Bonchev–Trinajstić information content (AvgIpc) is 2.37. The van der Waals surface area contributed by atoms with Gasteiger partial charge in [0, 0.05) is 25.2 Å². The summed E-state index contributed by atoms with van der Waals surface area (Å²) in [5.74, 6) is 0. The molecule has 0 amide bonds. The highest BCUT2D eigenvalue weighted by Gasteiger charge is 2.19. The van der Waals surface area contributed by atoms with E-state index in [1.165, 1.54) is 26.4 Å². The van der Waals surface area contributed by atoms with Crippen molar-refractivity contribution in [1.82, 2.24) is 4.72 Å². The highest BCUT2D eigenvalue weighted by Crippen LogP contribution is 2.22. The Balaban J connectivity index is 2.83. The van der Waals surface area contributed by atoms with Crippen molar-refractivity contribution in [3.63, 3.8) is 0 Å². The molecular weight excluding hydrogens is 336 g/mol. The maximum Gasteiger partial charge on any atom is 0.242 e. The molecule has 0 saturated carbocycles. The zero-order valence-corrected chi connectivity index (χ0v) is 13.1. The highest BCUT2D eigenvalue weighted by atomic mass is 79.9. The Labute approximate surface area is 121 Å². The van der Waals surface area contributed by atoms with Crippen LogP contribution in [0.15, 0.2) is 27.6 Å². The zero-order valence-electron chi connectivity index (χ0n) is 10.7. The second-order valence-corrected chi connectivity index (χ2v) is 6.50. The van der Waals surface area contributed by atoms with Crippen molar-refractivity contribution in [2.24, 2.45) is 0 Å². The van der Waals surface area contributed by atoms with Crippen molar-refractivity contribution < 1.29 is 17.9 Å². The number of nitrogens with one attached hydrogen (secondary N) is 1. The van der Waals surface area contributed by atoms with Gasteiger partial charge in [-0.3, -0.25) is 0 Å². The van der Waals surface area contributed by atoms with Crippen LogP contribution in [0.25, 0.3) is 0 Å². The molecule has 1 aromatic rings. The third kappa shape index (κ3) is 4.73. The van der Waals surface area contributed by atoms with Crippen LogP contribution in [0.2, 0.25) is 0 Å². The number of nitrogen functional groups attached to an aromatic ring is 1. The fourth-order valence-electron chi connectivity index (χ4n) is 1.42. The van der Waals surface area contributed by atoms with Gasteiger partial charge in [-0.1, -0.05) is 15.9 Å². The number of hydrogen-bond donors (Lipinski definition) is 2. The van der Waals surface area contributed by atoms with E-state index in [0.717, 1.165) is 0 Å². The Morgan fingerprint density at radius 3 is 2.68 bits per heavy atom. The molecule has 19 heavy (non-hydrogen) atoms. The monoisotopic (exact) mass is 352 g/mol. The van der Waals surface area contributed by atoms with Crippen LogP contribution in [0.5, 0.6) is 0 Å². The highest BCUT2D eigenvalue weighted by molar-refractivity contribution is 9.10. The van der Waals surface area contributed by atoms with E-state index in [4.69, 9.17) is 15.2 Å². The van der Waals surface area contributed by atoms with Gasteiger partial charge < -0.3 is 15.2 Å². The second-order valence-electron chi connectivity index (χ2n) is 3.85. The van der Waals surface area contributed by atoms with Crippen molar-refractivity contribution in [2.45, 2.75) is 11.0 Å². The van der Waals surface area contributed by atoms with Crippen LogP contribution in [0.1, 0.15) is 0 Å². The van der Waals surface area contributed by atoms with Gasteiger partial charge >= 0.3 is 0 Å². The normalized spacial score (nSPS) is 13.4. The van der Waals surface area contributed by atoms with Gasteiger partial charge in [0.1, 0.15) is 4.90 Å². The van der Waals surface area contributed by atoms with Crippen molar-refractivity contribution in [1.29, 1.82) is 0 Å². The van der Waals surface area contributed by atoms with Crippen molar-refractivity contribution in [3.8, 4) is 0 Å². The van der Waals surface area contributed by atoms with E-state index >= 15 is 0 Å². The van der Waals surface area contributed by atoms with Gasteiger partial charge in [0.2, 0.25) is 10.0 Å². The topological polar surface area (TPSA) is 90.7 Å². The van der Waals surface area contributed by atoms with Crippen molar-refractivity contribution >= 4 is 31.6 Å². The summed E-state index contributed by atoms with van der Waals surface area (Å²) in [6.07, 6.45) is -0.354. The van der Waals surface area contributed by atoms with E-state index in [1.807, 2.05) is 0 Å². The summed E-state index contributed by atoms with van der Waals surface area (Å²) >= 11 is 3.21. The first-order chi connectivity index (χ1) is 8.90. The molecule has 0 aromatic heterocycles. The molecule has 0 radical (unpaired) electrons. The number of hydrogen-bond acceptors (Lipinski definition) is 5. The van der Waals surface area contributed by atoms with E-state index < -0.39 is 10.0 Å². The standard InChI is InChI=1S/C11H17BrN2O4S/c1-17-7-9(18-2)6-14-19(15,16)11-5-8(12)3-4-10(11)13/h3-5,9,14H,6-7,13H2,1-2H3. The summed E-state index contributed by atoms with van der Waals surface area (Å²) in [5.41, 5.74) is 5.87. The summed E-state index contributed by atoms with van der Waals surface area (Å²) in [5, 5.41) is 0. The molecule has 6 nitrogen and oxygen atoms in total. The number of benzene rings is 1. The summed E-state index contributed by atoms with van der Waals surface area (Å²) in [4.78, 5) is 0.0362. The van der Waals surface area contributed by atoms with Crippen LogP contribution in [0, 0.1) is 0 Å². The third-order valence-electron chi connectivity index (χ3n) is 2.45. The number of methoxy groups -OCH3 is 2. The van der Waals surface area contributed by atoms with E-state index in [0.29, 0.717) is 11.1 Å². The molecule has 0 fully saturated rings. The molecule has 1 aromatic carbocycles. The van der Waals surface area contributed by atoms with E-state index in [2.05, 4.69) is 20.7 Å². The fraction of sp³-hybridized carbons (Fsp3) is 0.455. The van der Waals surface area contributed by atoms with Gasteiger partial charge in [-0.2, -0.15) is 0 Å². The largest absolute Gasteiger partial charge is 0.398 e. The molecule has 1 rings (SSSR count). The lowest BCUT2D eigenvalue weighted by Gasteiger charge is -2.16. The van der Waals surface area contributed by atoms with Crippen LogP contribution in [-0.2, 0) is 19.5 Å². The van der Waals surface area contributed by atoms with Crippen LogP contribution >= 0.6 is 15.9 Å². The molecule has 0 aliphatic rings. The lowest BCUT2D eigenvalue weighted by Crippen LogP contribution is -2.35. The van der Waals surface area contributed by atoms with Crippen LogP contribution in [0.4, 0.5) is 5.69 Å². The Bertz CT molecular complexity index is 521. The number of sulfonamides is 1. The molecule has 8 heteroatoms. The van der Waals surface area contributed by atoms with Crippen LogP contribution in [-0.4, -0.2) is 41.9 Å². The molecular formula is C11H17BrN2O4S. The third-order valence-corrected chi connectivity index (χ3v) is 4.42. The lowest BCUT2D eigenvalue weighted by molar-refractivity contribution is 0.0320. The number of anilines is 1. The van der Waals surface area contributed by atoms with Gasteiger partial charge in [0.25, 0.3) is 0 Å². The molecule has 0 spiro atoms. The number of rotatable bonds is 7. The Kier molecular flexibility index (Phi) is 6.21. The minimum atomic E-state index is -3.68. The summed E-state index contributed by atoms with van der Waals surface area (Å²) in [7, 11) is -0.665. The van der Waals surface area contributed by atoms with E-state index in [9.17, 15) is 8.42 Å². The minimum Gasteiger partial charge on any atom is -0.398 e. The first-order valence-corrected chi connectivity index (χ1v) is 7.74. The number of nitrogens with two attached hydrogens (primary N) is 1. The molecule has 0 aliphatic carbocycles. The van der Waals surface area contributed by atoms with Crippen molar-refractivity contribution in [2.75, 3.05) is 33.1 Å². The Morgan fingerprint density at radius 1 is 1.42 bits per heavy atom. The van der Waals surface area contributed by atoms with Crippen LogP contribution < -0.4 is 10.5 Å². The molecule has 3 N–H and O–H groups in total. The second kappa shape index (κ2) is 7.20. The van der Waals surface area contributed by atoms with E-state index in [1.54, 1.807) is 6.07 Å². The van der Waals surface area contributed by atoms with E-state index in [-0.39, 0.29) is 23.2 Å².